The Morgan fingerprint density at radius 3 is 2.55 bits per heavy atom. The van der Waals surface area contributed by atoms with Crippen molar-refractivity contribution in [2.45, 2.75) is 57.5 Å². The van der Waals surface area contributed by atoms with Crippen LogP contribution in [0.3, 0.4) is 0 Å². The fourth-order valence-corrected chi connectivity index (χ4v) is 2.97. The number of esters is 1. The summed E-state index contributed by atoms with van der Waals surface area (Å²) in [5.41, 5.74) is 5.98. The Bertz CT molecular complexity index is 436. The van der Waals surface area contributed by atoms with E-state index in [1.807, 2.05) is 0 Å². The lowest BCUT2D eigenvalue weighted by atomic mass is 9.81. The largest absolute Gasteiger partial charge is 0.516 e. The quantitative estimate of drug-likeness (QED) is 0.605. The van der Waals surface area contributed by atoms with Gasteiger partial charge in [0.2, 0.25) is 5.91 Å². The first-order valence-corrected chi connectivity index (χ1v) is 7.97. The lowest BCUT2D eigenvalue weighted by Gasteiger charge is -2.30. The zero-order valence-corrected chi connectivity index (χ0v) is 13.0. The van der Waals surface area contributed by atoms with E-state index in [-0.39, 0.29) is 12.5 Å². The van der Waals surface area contributed by atoms with Crippen LogP contribution in [-0.2, 0) is 19.1 Å². The highest BCUT2D eigenvalue weighted by Crippen LogP contribution is 2.31. The summed E-state index contributed by atoms with van der Waals surface area (Å²) in [5.74, 6) is -0.443. The molecular formula is C15H24N2O5. The van der Waals surface area contributed by atoms with Gasteiger partial charge in [-0.05, 0) is 32.1 Å². The molecule has 2 fully saturated rings. The monoisotopic (exact) mass is 312 g/mol. The maximum atomic E-state index is 12.4. The van der Waals surface area contributed by atoms with Gasteiger partial charge in [-0.3, -0.25) is 4.79 Å². The summed E-state index contributed by atoms with van der Waals surface area (Å²) in [6.45, 7) is 2.22. The smallest absolute Gasteiger partial charge is 0.434 e. The van der Waals surface area contributed by atoms with Crippen LogP contribution in [0, 0.1) is 5.92 Å². The van der Waals surface area contributed by atoms with Crippen molar-refractivity contribution in [1.29, 1.82) is 0 Å². The van der Waals surface area contributed by atoms with E-state index in [1.165, 1.54) is 11.3 Å². The Labute approximate surface area is 130 Å². The predicted octanol–water partition coefficient (Wildman–Crippen LogP) is 1.19. The molecule has 1 saturated heterocycles. The first kappa shape index (κ1) is 16.7. The van der Waals surface area contributed by atoms with Gasteiger partial charge in [-0.25, -0.2) is 9.59 Å². The van der Waals surface area contributed by atoms with E-state index in [1.54, 1.807) is 6.92 Å². The van der Waals surface area contributed by atoms with Gasteiger partial charge in [-0.15, -0.1) is 0 Å². The van der Waals surface area contributed by atoms with Crippen molar-refractivity contribution in [2.75, 3.05) is 13.2 Å². The van der Waals surface area contributed by atoms with Crippen LogP contribution in [0.4, 0.5) is 4.79 Å². The van der Waals surface area contributed by atoms with Gasteiger partial charge in [0.05, 0.1) is 12.6 Å². The highest BCUT2D eigenvalue weighted by Gasteiger charge is 2.39. The van der Waals surface area contributed by atoms with Crippen LogP contribution in [0.1, 0.15) is 45.4 Å². The molecule has 0 radical (unpaired) electrons. The van der Waals surface area contributed by atoms with E-state index in [0.29, 0.717) is 31.7 Å². The first-order valence-electron chi connectivity index (χ1n) is 7.97. The Kier molecular flexibility index (Phi) is 5.76. The first-order chi connectivity index (χ1) is 10.5. The van der Waals surface area contributed by atoms with Gasteiger partial charge in [0.1, 0.15) is 6.04 Å². The zero-order chi connectivity index (χ0) is 16.1. The molecule has 1 saturated carbocycles. The number of likely N-dealkylation sites (tertiary alicyclic amines) is 1. The normalized spacial score (nSPS) is 22.8. The number of amides is 1. The minimum atomic E-state index is -1.02. The molecule has 0 spiro atoms. The maximum absolute atomic E-state index is 12.4. The maximum Gasteiger partial charge on any atom is 0.516 e. The van der Waals surface area contributed by atoms with Crippen molar-refractivity contribution in [2.24, 2.45) is 11.7 Å². The molecule has 0 aromatic heterocycles. The van der Waals surface area contributed by atoms with Gasteiger partial charge in [-0.1, -0.05) is 19.3 Å². The fourth-order valence-electron chi connectivity index (χ4n) is 2.97. The summed E-state index contributed by atoms with van der Waals surface area (Å²) < 4.78 is 9.19. The minimum absolute atomic E-state index is 0.131. The number of ether oxygens (including phenoxy) is 2. The molecule has 124 valence electrons. The molecule has 1 heterocycles. The molecule has 2 aliphatic rings. The van der Waals surface area contributed by atoms with Gasteiger partial charge >= 0.3 is 12.1 Å². The molecule has 2 rings (SSSR count). The van der Waals surface area contributed by atoms with E-state index in [2.05, 4.69) is 9.47 Å². The molecule has 1 aliphatic carbocycles. The van der Waals surface area contributed by atoms with Crippen molar-refractivity contribution in [3.8, 4) is 0 Å². The summed E-state index contributed by atoms with van der Waals surface area (Å²) in [7, 11) is 0. The molecule has 2 atom stereocenters. The number of nitrogens with two attached hydrogens (primary N) is 1. The van der Waals surface area contributed by atoms with Gasteiger partial charge in [0.15, 0.2) is 0 Å². The van der Waals surface area contributed by atoms with Crippen LogP contribution in [-0.4, -0.2) is 48.2 Å². The van der Waals surface area contributed by atoms with E-state index in [9.17, 15) is 14.4 Å². The lowest BCUT2D eigenvalue weighted by Crippen LogP contribution is -2.50. The molecular weight excluding hydrogens is 288 g/mol. The second-order valence-corrected chi connectivity index (χ2v) is 5.93. The van der Waals surface area contributed by atoms with E-state index < -0.39 is 24.2 Å². The third-order valence-corrected chi connectivity index (χ3v) is 4.38. The number of hydrogen-bond acceptors (Lipinski definition) is 6. The molecule has 7 heteroatoms. The van der Waals surface area contributed by atoms with Crippen LogP contribution >= 0.6 is 0 Å². The predicted molar refractivity (Wildman–Crippen MR) is 77.8 cm³/mol. The zero-order valence-electron chi connectivity index (χ0n) is 13.0. The third kappa shape index (κ3) is 3.97. The van der Waals surface area contributed by atoms with Crippen molar-refractivity contribution in [3.05, 3.63) is 0 Å². The third-order valence-electron chi connectivity index (χ3n) is 4.38. The standard InChI is InChI=1S/C15H24N2O5/c1-2-21-15(20)22-14(19)12-7-4-8-17(12)13(18)11(16)9-10-5-3-6-10/h10-12H,2-9,16H2,1H3/t11-,12+/m1/s1. The molecule has 22 heavy (non-hydrogen) atoms. The molecule has 0 aromatic carbocycles. The van der Waals surface area contributed by atoms with E-state index >= 15 is 0 Å². The highest BCUT2D eigenvalue weighted by molar-refractivity contribution is 5.91. The molecule has 2 N–H and O–H groups in total. The molecule has 1 amide bonds. The van der Waals surface area contributed by atoms with Gasteiger partial charge in [0.25, 0.3) is 0 Å². The summed E-state index contributed by atoms with van der Waals surface area (Å²) in [6.07, 6.45) is 4.26. The summed E-state index contributed by atoms with van der Waals surface area (Å²) in [5, 5.41) is 0. The number of nitrogens with zero attached hydrogens (tertiary/aromatic N) is 1. The number of carbonyl (C=O) groups excluding carboxylic acids is 3. The second kappa shape index (κ2) is 7.58. The van der Waals surface area contributed by atoms with Crippen LogP contribution in [0.5, 0.6) is 0 Å². The summed E-state index contributed by atoms with van der Waals surface area (Å²) in [4.78, 5) is 37.1. The Hall–Kier alpha value is -1.63. The average Bonchev–Trinajstić information content (AvgIpc) is 2.91. The van der Waals surface area contributed by atoms with Crippen LogP contribution in [0.25, 0.3) is 0 Å². The van der Waals surface area contributed by atoms with Gasteiger partial charge < -0.3 is 20.1 Å². The molecule has 0 aromatic rings. The lowest BCUT2D eigenvalue weighted by molar-refractivity contribution is -0.150. The topological polar surface area (TPSA) is 98.9 Å². The molecule has 7 nitrogen and oxygen atoms in total. The van der Waals surface area contributed by atoms with Crippen LogP contribution < -0.4 is 5.73 Å². The van der Waals surface area contributed by atoms with Crippen molar-refractivity contribution in [3.63, 3.8) is 0 Å². The Balaban J connectivity index is 1.89. The van der Waals surface area contributed by atoms with Crippen LogP contribution in [0.15, 0.2) is 0 Å². The van der Waals surface area contributed by atoms with Crippen molar-refractivity contribution in [1.82, 2.24) is 4.90 Å². The molecule has 1 aliphatic heterocycles. The SMILES string of the molecule is CCOC(=O)OC(=O)[C@@H]1CCCN1C(=O)[C@H](N)CC1CCC1. The number of rotatable bonds is 5. The van der Waals surface area contributed by atoms with Crippen molar-refractivity contribution >= 4 is 18.0 Å². The second-order valence-electron chi connectivity index (χ2n) is 5.93. The minimum Gasteiger partial charge on any atom is -0.434 e. The van der Waals surface area contributed by atoms with E-state index in [4.69, 9.17) is 5.73 Å². The van der Waals surface area contributed by atoms with Gasteiger partial charge in [0, 0.05) is 6.54 Å². The highest BCUT2D eigenvalue weighted by atomic mass is 16.7. The Morgan fingerprint density at radius 1 is 1.23 bits per heavy atom. The molecule has 0 bridgehead atoms. The van der Waals surface area contributed by atoms with Crippen LogP contribution in [0.2, 0.25) is 0 Å². The van der Waals surface area contributed by atoms with Crippen molar-refractivity contribution < 1.29 is 23.9 Å². The average molecular weight is 312 g/mol. The number of hydrogen-bond donors (Lipinski definition) is 1. The molecule has 0 unspecified atom stereocenters. The number of carbonyl (C=O) groups is 3. The summed E-state index contributed by atoms with van der Waals surface area (Å²) in [6, 6.07) is -1.31. The van der Waals surface area contributed by atoms with E-state index in [0.717, 1.165) is 12.8 Å². The summed E-state index contributed by atoms with van der Waals surface area (Å²) >= 11 is 0. The van der Waals surface area contributed by atoms with Gasteiger partial charge in [-0.2, -0.15) is 0 Å². The Morgan fingerprint density at radius 2 is 1.95 bits per heavy atom. The fraction of sp³-hybridized carbons (Fsp3) is 0.800.